The Labute approximate surface area is 184 Å². The Morgan fingerprint density at radius 3 is 2.64 bits per heavy atom. The molecule has 5 nitrogen and oxygen atoms in total. The summed E-state index contributed by atoms with van der Waals surface area (Å²) in [5.74, 6) is 0.324. The smallest absolute Gasteiger partial charge is 0.277 e. The molecule has 0 saturated carbocycles. The number of phenolic OH excluding ortho intramolecular Hbond substituents is 1. The third-order valence-electron chi connectivity index (χ3n) is 3.78. The van der Waals surface area contributed by atoms with E-state index in [9.17, 15) is 9.90 Å². The quantitative estimate of drug-likeness (QED) is 0.259. The molecule has 0 bridgehead atoms. The fourth-order valence-corrected chi connectivity index (χ4v) is 4.03. The Hall–Kier alpha value is -2.39. The van der Waals surface area contributed by atoms with Crippen molar-refractivity contribution in [2.24, 2.45) is 5.10 Å². The zero-order valence-corrected chi connectivity index (χ0v) is 18.3. The first-order valence-corrected chi connectivity index (χ1v) is 10.2. The maximum atomic E-state index is 12.1. The summed E-state index contributed by atoms with van der Waals surface area (Å²) in [5, 5.41) is 13.9. The van der Waals surface area contributed by atoms with Crippen molar-refractivity contribution in [3.8, 4) is 22.6 Å². The highest BCUT2D eigenvalue weighted by molar-refractivity contribution is 14.1. The number of nitrogens with one attached hydrogen (secondary N) is 1. The fourth-order valence-electron chi connectivity index (χ4n) is 2.48. The predicted molar refractivity (Wildman–Crippen MR) is 122 cm³/mol. The van der Waals surface area contributed by atoms with Gasteiger partial charge in [0.2, 0.25) is 0 Å². The molecular weight excluding hydrogens is 535 g/mol. The Bertz CT molecular complexity index is 1010. The monoisotopic (exact) mass is 550 g/mol. The molecule has 0 radical (unpaired) electrons. The molecule has 1 amide bonds. The Morgan fingerprint density at radius 1 is 1.14 bits per heavy atom. The normalized spacial score (nSPS) is 10.8. The summed E-state index contributed by atoms with van der Waals surface area (Å²) >= 11 is 5.38. The topological polar surface area (TPSA) is 70.9 Å². The number of hydrazone groups is 1. The van der Waals surface area contributed by atoms with Gasteiger partial charge in [-0.3, -0.25) is 4.79 Å². The van der Waals surface area contributed by atoms with Crippen molar-refractivity contribution >= 4 is 50.6 Å². The average Bonchev–Trinajstić information content (AvgIpc) is 2.71. The summed E-state index contributed by atoms with van der Waals surface area (Å²) in [7, 11) is 0. The first-order valence-electron chi connectivity index (χ1n) is 8.32. The van der Waals surface area contributed by atoms with Gasteiger partial charge >= 0.3 is 0 Å². The van der Waals surface area contributed by atoms with Gasteiger partial charge in [0.1, 0.15) is 11.5 Å². The summed E-state index contributed by atoms with van der Waals surface area (Å²) in [5.41, 5.74) is 4.82. The zero-order valence-electron chi connectivity index (χ0n) is 14.6. The SMILES string of the molecule is O=C(COc1ccccc1-c1ccccc1)NN=Cc1cc(Br)cc(I)c1O. The second-order valence-electron chi connectivity index (χ2n) is 5.77. The fraction of sp³-hybridized carbons (Fsp3) is 0.0476. The number of aromatic hydroxyl groups is 1. The highest BCUT2D eigenvalue weighted by Crippen LogP contribution is 2.29. The molecule has 2 N–H and O–H groups in total. The van der Waals surface area contributed by atoms with Crippen LogP contribution in [0.3, 0.4) is 0 Å². The number of hydrogen-bond donors (Lipinski definition) is 2. The van der Waals surface area contributed by atoms with Gasteiger partial charge in [-0.05, 0) is 46.4 Å². The average molecular weight is 551 g/mol. The van der Waals surface area contributed by atoms with Crippen LogP contribution in [-0.4, -0.2) is 23.8 Å². The van der Waals surface area contributed by atoms with Crippen LogP contribution in [0.4, 0.5) is 0 Å². The molecule has 0 unspecified atom stereocenters. The molecule has 28 heavy (non-hydrogen) atoms. The van der Waals surface area contributed by atoms with Crippen molar-refractivity contribution in [2.75, 3.05) is 6.61 Å². The largest absolute Gasteiger partial charge is 0.506 e. The number of hydrogen-bond acceptors (Lipinski definition) is 4. The van der Waals surface area contributed by atoms with Crippen molar-refractivity contribution in [3.63, 3.8) is 0 Å². The number of amides is 1. The number of carbonyl (C=O) groups is 1. The van der Waals surface area contributed by atoms with Gasteiger partial charge in [0.25, 0.3) is 5.91 Å². The lowest BCUT2D eigenvalue weighted by atomic mass is 10.1. The van der Waals surface area contributed by atoms with E-state index < -0.39 is 5.91 Å². The number of nitrogens with zero attached hydrogens (tertiary/aromatic N) is 1. The van der Waals surface area contributed by atoms with Crippen molar-refractivity contribution < 1.29 is 14.6 Å². The van der Waals surface area contributed by atoms with Crippen LogP contribution in [0.2, 0.25) is 0 Å². The summed E-state index contributed by atoms with van der Waals surface area (Å²) in [6, 6.07) is 20.8. The van der Waals surface area contributed by atoms with Gasteiger partial charge in [-0.1, -0.05) is 64.5 Å². The molecule has 142 valence electrons. The van der Waals surface area contributed by atoms with Crippen LogP contribution in [-0.2, 0) is 4.79 Å². The van der Waals surface area contributed by atoms with E-state index in [0.29, 0.717) is 14.9 Å². The van der Waals surface area contributed by atoms with Crippen molar-refractivity contribution in [3.05, 3.63) is 80.3 Å². The highest BCUT2D eigenvalue weighted by atomic mass is 127. The third kappa shape index (κ3) is 5.32. The van der Waals surface area contributed by atoms with Crippen LogP contribution < -0.4 is 10.2 Å². The Balaban J connectivity index is 1.62. The molecule has 0 aromatic heterocycles. The van der Waals surface area contributed by atoms with E-state index in [-0.39, 0.29) is 12.4 Å². The molecule has 0 aliphatic heterocycles. The lowest BCUT2D eigenvalue weighted by Crippen LogP contribution is -2.24. The molecule has 7 heteroatoms. The summed E-state index contributed by atoms with van der Waals surface area (Å²) in [6.07, 6.45) is 1.39. The van der Waals surface area contributed by atoms with Gasteiger partial charge in [-0.15, -0.1) is 0 Å². The molecule has 0 atom stereocenters. The van der Waals surface area contributed by atoms with Crippen LogP contribution >= 0.6 is 38.5 Å². The number of phenols is 1. The van der Waals surface area contributed by atoms with E-state index in [0.717, 1.165) is 15.6 Å². The van der Waals surface area contributed by atoms with E-state index in [2.05, 4.69) is 26.5 Å². The van der Waals surface area contributed by atoms with Crippen LogP contribution in [0, 0.1) is 3.57 Å². The Morgan fingerprint density at radius 2 is 1.86 bits per heavy atom. The van der Waals surface area contributed by atoms with Crippen molar-refractivity contribution in [1.29, 1.82) is 0 Å². The van der Waals surface area contributed by atoms with Crippen LogP contribution in [0.15, 0.2) is 76.3 Å². The van der Waals surface area contributed by atoms with E-state index in [1.807, 2.05) is 77.2 Å². The summed E-state index contributed by atoms with van der Waals surface area (Å²) in [4.78, 5) is 12.1. The lowest BCUT2D eigenvalue weighted by Gasteiger charge is -2.11. The number of para-hydroxylation sites is 1. The third-order valence-corrected chi connectivity index (χ3v) is 5.06. The molecule has 0 fully saturated rings. The van der Waals surface area contributed by atoms with Crippen LogP contribution in [0.5, 0.6) is 11.5 Å². The molecule has 0 heterocycles. The van der Waals surface area contributed by atoms with Crippen LogP contribution in [0.1, 0.15) is 5.56 Å². The molecule has 3 rings (SSSR count). The van der Waals surface area contributed by atoms with E-state index in [1.54, 1.807) is 12.1 Å². The number of benzene rings is 3. The van der Waals surface area contributed by atoms with Crippen LogP contribution in [0.25, 0.3) is 11.1 Å². The van der Waals surface area contributed by atoms with Gasteiger partial charge in [0.15, 0.2) is 6.61 Å². The minimum Gasteiger partial charge on any atom is -0.506 e. The maximum Gasteiger partial charge on any atom is 0.277 e. The standard InChI is InChI=1S/C21H16BrIN2O3/c22-16-10-15(21(27)18(23)11-16)12-24-25-20(26)13-28-19-9-5-4-8-17(19)14-6-2-1-3-7-14/h1-12,27H,13H2,(H,25,26). The van der Waals surface area contributed by atoms with E-state index in [4.69, 9.17) is 4.74 Å². The van der Waals surface area contributed by atoms with Gasteiger partial charge < -0.3 is 9.84 Å². The van der Waals surface area contributed by atoms with E-state index >= 15 is 0 Å². The first kappa shape index (κ1) is 20.3. The van der Waals surface area contributed by atoms with Crippen molar-refractivity contribution in [2.45, 2.75) is 0 Å². The maximum absolute atomic E-state index is 12.1. The first-order chi connectivity index (χ1) is 13.5. The van der Waals surface area contributed by atoms with Gasteiger partial charge in [0.05, 0.1) is 9.78 Å². The zero-order chi connectivity index (χ0) is 19.9. The molecule has 0 saturated heterocycles. The number of carbonyl (C=O) groups excluding carboxylic acids is 1. The van der Waals surface area contributed by atoms with Gasteiger partial charge in [-0.2, -0.15) is 5.10 Å². The second-order valence-corrected chi connectivity index (χ2v) is 7.85. The van der Waals surface area contributed by atoms with Gasteiger partial charge in [-0.25, -0.2) is 5.43 Å². The lowest BCUT2D eigenvalue weighted by molar-refractivity contribution is -0.123. The molecular formula is C21H16BrIN2O3. The molecule has 3 aromatic carbocycles. The second kappa shape index (κ2) is 9.70. The van der Waals surface area contributed by atoms with E-state index in [1.165, 1.54) is 6.21 Å². The molecule has 0 spiro atoms. The van der Waals surface area contributed by atoms with Crippen molar-refractivity contribution in [1.82, 2.24) is 5.43 Å². The molecule has 3 aromatic rings. The molecule has 0 aliphatic carbocycles. The summed E-state index contributed by atoms with van der Waals surface area (Å²) < 4.78 is 7.16. The minimum atomic E-state index is -0.400. The minimum absolute atomic E-state index is 0.106. The number of ether oxygens (including phenoxy) is 1. The van der Waals surface area contributed by atoms with Gasteiger partial charge in [0, 0.05) is 15.6 Å². The summed E-state index contributed by atoms with van der Waals surface area (Å²) in [6.45, 7) is -0.177. The highest BCUT2D eigenvalue weighted by Gasteiger charge is 2.08. The number of rotatable bonds is 6. The number of halogens is 2. The molecule has 0 aliphatic rings. The predicted octanol–water partition coefficient (Wildman–Crippen LogP) is 4.96. The Kier molecular flexibility index (Phi) is 7.05.